The highest BCUT2D eigenvalue weighted by Crippen LogP contribution is 2.34. The number of carbonyl (C=O) groups excluding carboxylic acids is 3. The lowest BCUT2D eigenvalue weighted by Gasteiger charge is -2.43. The molecule has 224 valence electrons. The van der Waals surface area contributed by atoms with Gasteiger partial charge in [0, 0.05) is 39.2 Å². The minimum Gasteiger partial charge on any atom is -0.484 e. The first-order valence-corrected chi connectivity index (χ1v) is 13.9. The summed E-state index contributed by atoms with van der Waals surface area (Å²) in [6.45, 7) is -0.648. The summed E-state index contributed by atoms with van der Waals surface area (Å²) in [6.07, 6.45) is 2.44. The zero-order chi connectivity index (χ0) is 30.0. The van der Waals surface area contributed by atoms with Gasteiger partial charge in [-0.15, -0.1) is 0 Å². The molecule has 0 radical (unpaired) electrons. The number of amides is 3. The molecule has 1 aliphatic carbocycles. The smallest absolute Gasteiger partial charge is 0.409 e. The maximum absolute atomic E-state index is 13.7. The lowest BCUT2D eigenvalue weighted by molar-refractivity contribution is -0.128. The Morgan fingerprint density at radius 2 is 1.44 bits per heavy atom. The average molecular weight is 616 g/mol. The van der Waals surface area contributed by atoms with Crippen LogP contribution in [0.4, 0.5) is 13.6 Å². The van der Waals surface area contributed by atoms with Crippen molar-refractivity contribution in [1.29, 1.82) is 0 Å². The Kier molecular flexibility index (Phi) is 11.8. The first kappa shape index (κ1) is 32.2. The Morgan fingerprint density at radius 1 is 0.902 bits per heavy atom. The van der Waals surface area contributed by atoms with E-state index in [2.05, 4.69) is 10.6 Å². The third-order valence-electron chi connectivity index (χ3n) is 6.61. The summed E-state index contributed by atoms with van der Waals surface area (Å²) in [7, 11) is 3.09. The molecule has 0 bridgehead atoms. The number of nitrogens with zero attached hydrogens (tertiary/aromatic N) is 1. The van der Waals surface area contributed by atoms with Crippen molar-refractivity contribution in [2.75, 3.05) is 33.9 Å². The molecule has 1 saturated carbocycles. The predicted octanol–water partition coefficient (Wildman–Crippen LogP) is 5.12. The van der Waals surface area contributed by atoms with Gasteiger partial charge in [-0.2, -0.15) is 0 Å². The molecule has 0 unspecified atom stereocenters. The molecule has 0 spiro atoms. The number of hydrogen-bond donors (Lipinski definition) is 2. The number of hydrogen-bond acceptors (Lipinski definition) is 6. The molecule has 1 atom stereocenters. The lowest BCUT2D eigenvalue weighted by Crippen LogP contribution is -2.60. The summed E-state index contributed by atoms with van der Waals surface area (Å²) in [6, 6.07) is 7.71. The van der Waals surface area contributed by atoms with Crippen molar-refractivity contribution < 1.29 is 37.4 Å². The highest BCUT2D eigenvalue weighted by atomic mass is 35.5. The summed E-state index contributed by atoms with van der Waals surface area (Å²) >= 11 is 11.4. The molecule has 13 heteroatoms. The Morgan fingerprint density at radius 3 is 1.95 bits per heavy atom. The van der Waals surface area contributed by atoms with Crippen LogP contribution in [0.3, 0.4) is 0 Å². The largest absolute Gasteiger partial charge is 0.484 e. The number of rotatable bonds is 12. The van der Waals surface area contributed by atoms with Crippen molar-refractivity contribution in [2.24, 2.45) is 0 Å². The van der Waals surface area contributed by atoms with Crippen molar-refractivity contribution in [3.05, 3.63) is 58.1 Å². The Bertz CT molecular complexity index is 1230. The van der Waals surface area contributed by atoms with E-state index in [1.54, 1.807) is 14.1 Å². The van der Waals surface area contributed by atoms with Gasteiger partial charge in [0.1, 0.15) is 29.2 Å². The zero-order valence-electron chi connectivity index (χ0n) is 22.8. The lowest BCUT2D eigenvalue weighted by atomic mass is 9.76. The number of nitrogens with one attached hydrogen (secondary N) is 2. The number of carbonyl (C=O) groups is 3. The SMILES string of the molecule is CN(C)C(=O)O[C@@H](CCNC(=O)COc1ccc(Cl)c(F)c1)C1(NC(=O)COc2ccc(Cl)c(F)c2)CCCCC1. The van der Waals surface area contributed by atoms with Crippen LogP contribution in [0, 0.1) is 11.6 Å². The van der Waals surface area contributed by atoms with Crippen LogP contribution in [0.2, 0.25) is 10.0 Å². The van der Waals surface area contributed by atoms with E-state index < -0.39 is 47.8 Å². The molecule has 1 aliphatic rings. The van der Waals surface area contributed by atoms with E-state index in [-0.39, 0.29) is 41.1 Å². The molecule has 1 fully saturated rings. The molecule has 2 aromatic rings. The fourth-order valence-electron chi connectivity index (χ4n) is 4.52. The average Bonchev–Trinajstić information content (AvgIpc) is 2.94. The van der Waals surface area contributed by atoms with E-state index in [4.69, 9.17) is 37.4 Å². The van der Waals surface area contributed by atoms with E-state index >= 15 is 0 Å². The van der Waals surface area contributed by atoms with Gasteiger partial charge in [0.2, 0.25) is 0 Å². The van der Waals surface area contributed by atoms with Gasteiger partial charge in [0.25, 0.3) is 11.8 Å². The van der Waals surface area contributed by atoms with Crippen molar-refractivity contribution in [1.82, 2.24) is 15.5 Å². The fourth-order valence-corrected chi connectivity index (χ4v) is 4.76. The Balaban J connectivity index is 1.64. The first-order chi connectivity index (χ1) is 19.5. The molecular weight excluding hydrogens is 583 g/mol. The van der Waals surface area contributed by atoms with Gasteiger partial charge in [-0.05, 0) is 37.1 Å². The van der Waals surface area contributed by atoms with Crippen LogP contribution in [0.25, 0.3) is 0 Å². The summed E-state index contributed by atoms with van der Waals surface area (Å²) < 4.78 is 43.9. The fraction of sp³-hybridized carbons (Fsp3) is 0.464. The van der Waals surface area contributed by atoms with E-state index in [9.17, 15) is 23.2 Å². The molecule has 41 heavy (non-hydrogen) atoms. The molecule has 2 aromatic carbocycles. The second-order valence-corrected chi connectivity index (χ2v) is 10.7. The minimum atomic E-state index is -0.905. The number of halogens is 4. The van der Waals surface area contributed by atoms with Crippen LogP contribution in [-0.2, 0) is 14.3 Å². The number of benzene rings is 2. The van der Waals surface area contributed by atoms with Crippen LogP contribution in [0.5, 0.6) is 11.5 Å². The van der Waals surface area contributed by atoms with Crippen LogP contribution < -0.4 is 20.1 Å². The highest BCUT2D eigenvalue weighted by molar-refractivity contribution is 6.31. The van der Waals surface area contributed by atoms with Gasteiger partial charge in [-0.1, -0.05) is 42.5 Å². The quantitative estimate of drug-likeness (QED) is 0.343. The van der Waals surface area contributed by atoms with E-state index in [0.717, 1.165) is 31.4 Å². The predicted molar refractivity (Wildman–Crippen MR) is 149 cm³/mol. The van der Waals surface area contributed by atoms with Crippen molar-refractivity contribution in [2.45, 2.75) is 50.2 Å². The van der Waals surface area contributed by atoms with Gasteiger partial charge in [-0.3, -0.25) is 9.59 Å². The summed E-state index contributed by atoms with van der Waals surface area (Å²) in [4.78, 5) is 39.2. The molecule has 0 saturated heterocycles. The molecule has 0 aliphatic heterocycles. The van der Waals surface area contributed by atoms with Gasteiger partial charge < -0.3 is 29.7 Å². The normalized spacial score (nSPS) is 14.9. The molecule has 2 N–H and O–H groups in total. The molecule has 9 nitrogen and oxygen atoms in total. The zero-order valence-corrected chi connectivity index (χ0v) is 24.3. The van der Waals surface area contributed by atoms with Crippen LogP contribution >= 0.6 is 23.2 Å². The Labute approximate surface area is 247 Å². The van der Waals surface area contributed by atoms with Crippen molar-refractivity contribution >= 4 is 41.1 Å². The molecular formula is C28H33Cl2F2N3O6. The summed E-state index contributed by atoms with van der Waals surface area (Å²) in [5, 5.41) is 5.59. The minimum absolute atomic E-state index is 0.0608. The van der Waals surface area contributed by atoms with E-state index in [0.29, 0.717) is 12.8 Å². The van der Waals surface area contributed by atoms with Crippen LogP contribution in [0.1, 0.15) is 38.5 Å². The summed E-state index contributed by atoms with van der Waals surface area (Å²) in [5.74, 6) is -1.99. The second kappa shape index (κ2) is 15.1. The molecule has 0 aromatic heterocycles. The number of ether oxygens (including phenoxy) is 3. The second-order valence-electron chi connectivity index (χ2n) is 9.90. The molecule has 0 heterocycles. The maximum atomic E-state index is 13.7. The highest BCUT2D eigenvalue weighted by Gasteiger charge is 2.43. The summed E-state index contributed by atoms with van der Waals surface area (Å²) in [5.41, 5.74) is -0.905. The Hall–Kier alpha value is -3.31. The van der Waals surface area contributed by atoms with Crippen LogP contribution in [0.15, 0.2) is 36.4 Å². The van der Waals surface area contributed by atoms with E-state index in [1.165, 1.54) is 29.2 Å². The van der Waals surface area contributed by atoms with E-state index in [1.807, 2.05) is 0 Å². The van der Waals surface area contributed by atoms with Gasteiger partial charge in [0.05, 0.1) is 15.6 Å². The van der Waals surface area contributed by atoms with Crippen LogP contribution in [-0.4, -0.2) is 68.3 Å². The first-order valence-electron chi connectivity index (χ1n) is 13.1. The topological polar surface area (TPSA) is 106 Å². The third-order valence-corrected chi connectivity index (χ3v) is 7.22. The van der Waals surface area contributed by atoms with Gasteiger partial charge in [-0.25, -0.2) is 13.6 Å². The van der Waals surface area contributed by atoms with Crippen molar-refractivity contribution in [3.63, 3.8) is 0 Å². The third kappa shape index (κ3) is 9.64. The van der Waals surface area contributed by atoms with Gasteiger partial charge >= 0.3 is 6.09 Å². The standard InChI is InChI=1S/C28H33Cl2F2N3O6/c1-35(2)27(38)41-24(10-13-33-25(36)16-39-18-6-8-20(29)22(31)14-18)28(11-4-3-5-12-28)34-26(37)17-40-19-7-9-21(30)23(32)15-19/h6-9,14-15,24H,3-5,10-13,16-17H2,1-2H3,(H,33,36)(H,34,37)/t24-/m0/s1. The van der Waals surface area contributed by atoms with Crippen molar-refractivity contribution in [3.8, 4) is 11.5 Å². The maximum Gasteiger partial charge on any atom is 0.409 e. The molecule has 3 amide bonds. The van der Waals surface area contributed by atoms with Gasteiger partial charge in [0.15, 0.2) is 13.2 Å². The molecule has 3 rings (SSSR count). The monoisotopic (exact) mass is 615 g/mol.